The predicted molar refractivity (Wildman–Crippen MR) is 61.3 cm³/mol. The van der Waals surface area contributed by atoms with Crippen LogP contribution in [0.15, 0.2) is 12.1 Å². The molecule has 1 aromatic carbocycles. The molecule has 4 rings (SSSR count). The van der Waals surface area contributed by atoms with Gasteiger partial charge in [0.15, 0.2) is 17.6 Å². The summed E-state index contributed by atoms with van der Waals surface area (Å²) in [5.74, 6) is -2.40. The van der Waals surface area contributed by atoms with Crippen molar-refractivity contribution >= 4 is 0 Å². The summed E-state index contributed by atoms with van der Waals surface area (Å²) in [5, 5.41) is 9.81. The van der Waals surface area contributed by atoms with Crippen molar-refractivity contribution in [1.29, 1.82) is 0 Å². The summed E-state index contributed by atoms with van der Waals surface area (Å²) in [5.41, 5.74) is 1.93. The number of benzene rings is 1. The highest BCUT2D eigenvalue weighted by atomic mass is 19.3. The van der Waals surface area contributed by atoms with Crippen molar-refractivity contribution in [3.8, 4) is 11.5 Å². The first-order valence-electron chi connectivity index (χ1n) is 6.47. The van der Waals surface area contributed by atoms with Crippen molar-refractivity contribution in [3.05, 3.63) is 23.3 Å². The minimum atomic E-state index is -2.78. The Balaban J connectivity index is 1.92. The lowest BCUT2D eigenvalue weighted by Gasteiger charge is -2.40. The molecule has 1 fully saturated rings. The van der Waals surface area contributed by atoms with Gasteiger partial charge < -0.3 is 9.84 Å². The standard InChI is InChI=1S/C14H14F2O2/c15-14(16)6-5-8-2-1-7-3-4-9(17)12-10(7)11(8)13(14)18-12/h3-4,8,11,13,17H,1-2,5-6H2/t8?,11?,13-/m0/s1. The fraction of sp³-hybridized carbons (Fsp3) is 0.571. The van der Waals surface area contributed by atoms with Gasteiger partial charge in [0.2, 0.25) is 0 Å². The third-order valence-corrected chi connectivity index (χ3v) is 4.73. The van der Waals surface area contributed by atoms with Gasteiger partial charge in [-0.1, -0.05) is 6.07 Å². The first-order chi connectivity index (χ1) is 8.58. The lowest BCUT2D eigenvalue weighted by molar-refractivity contribution is -0.132. The number of hydrogen-bond donors (Lipinski definition) is 1. The molecule has 2 unspecified atom stereocenters. The third-order valence-electron chi connectivity index (χ3n) is 4.73. The first kappa shape index (κ1) is 10.6. The molecule has 0 amide bonds. The minimum absolute atomic E-state index is 0.000370. The zero-order chi connectivity index (χ0) is 12.5. The highest BCUT2D eigenvalue weighted by molar-refractivity contribution is 5.56. The van der Waals surface area contributed by atoms with E-state index in [1.807, 2.05) is 6.07 Å². The molecule has 1 heterocycles. The number of halogens is 2. The maximum Gasteiger partial charge on any atom is 0.284 e. The molecule has 3 atom stereocenters. The summed E-state index contributed by atoms with van der Waals surface area (Å²) in [6.07, 6.45) is 1.26. The number of alkyl halides is 2. The van der Waals surface area contributed by atoms with Gasteiger partial charge in [0, 0.05) is 17.9 Å². The minimum Gasteiger partial charge on any atom is -0.504 e. The Kier molecular flexibility index (Phi) is 1.86. The summed E-state index contributed by atoms with van der Waals surface area (Å²) >= 11 is 0. The van der Waals surface area contributed by atoms with Crippen molar-refractivity contribution in [1.82, 2.24) is 0 Å². The molecule has 18 heavy (non-hydrogen) atoms. The summed E-state index contributed by atoms with van der Waals surface area (Å²) in [4.78, 5) is 0. The van der Waals surface area contributed by atoms with E-state index < -0.39 is 12.0 Å². The molecule has 1 aromatic rings. The summed E-state index contributed by atoms with van der Waals surface area (Å²) < 4.78 is 33.4. The summed E-state index contributed by atoms with van der Waals surface area (Å²) in [6, 6.07) is 3.41. The van der Waals surface area contributed by atoms with Crippen LogP contribution in [0.2, 0.25) is 0 Å². The van der Waals surface area contributed by atoms with Gasteiger partial charge in [0.05, 0.1) is 0 Å². The van der Waals surface area contributed by atoms with Gasteiger partial charge in [-0.25, -0.2) is 8.78 Å². The van der Waals surface area contributed by atoms with E-state index in [9.17, 15) is 13.9 Å². The number of ether oxygens (including phenoxy) is 1. The van der Waals surface area contributed by atoms with E-state index in [4.69, 9.17) is 4.74 Å². The number of hydrogen-bond acceptors (Lipinski definition) is 2. The Morgan fingerprint density at radius 1 is 1.28 bits per heavy atom. The number of aromatic hydroxyl groups is 1. The lowest BCUT2D eigenvalue weighted by Crippen LogP contribution is -2.47. The summed E-state index contributed by atoms with van der Waals surface area (Å²) in [7, 11) is 0. The Hall–Kier alpha value is -1.32. The molecule has 2 nitrogen and oxygen atoms in total. The molecule has 1 aliphatic heterocycles. The molecular formula is C14H14F2O2. The van der Waals surface area contributed by atoms with Crippen LogP contribution in [0, 0.1) is 5.92 Å². The van der Waals surface area contributed by atoms with Gasteiger partial charge in [-0.15, -0.1) is 0 Å². The molecular weight excluding hydrogens is 238 g/mol. The smallest absolute Gasteiger partial charge is 0.284 e. The fourth-order valence-electron chi connectivity index (χ4n) is 3.88. The number of phenolic OH excluding ortho intramolecular Hbond substituents is 1. The predicted octanol–water partition coefficient (Wildman–Crippen LogP) is 3.23. The van der Waals surface area contributed by atoms with Gasteiger partial charge in [-0.3, -0.25) is 0 Å². The quantitative estimate of drug-likeness (QED) is 0.768. The average Bonchev–Trinajstić information content (AvgIpc) is 2.75. The van der Waals surface area contributed by atoms with Crippen LogP contribution in [-0.2, 0) is 6.42 Å². The topological polar surface area (TPSA) is 29.5 Å². The largest absolute Gasteiger partial charge is 0.504 e. The van der Waals surface area contributed by atoms with E-state index in [0.717, 1.165) is 24.0 Å². The molecule has 0 radical (unpaired) electrons. The molecule has 1 N–H and O–H groups in total. The SMILES string of the molecule is Oc1ccc2c3c1O[C@H]1C3C(CC2)CCC1(F)F. The van der Waals surface area contributed by atoms with Gasteiger partial charge >= 0.3 is 0 Å². The molecule has 3 aliphatic rings. The highest BCUT2D eigenvalue weighted by Gasteiger charge is 2.58. The Morgan fingerprint density at radius 2 is 2.11 bits per heavy atom. The maximum atomic E-state index is 14.0. The molecule has 0 spiro atoms. The van der Waals surface area contributed by atoms with E-state index >= 15 is 0 Å². The number of phenols is 1. The van der Waals surface area contributed by atoms with E-state index in [1.54, 1.807) is 6.07 Å². The van der Waals surface area contributed by atoms with Crippen LogP contribution in [0.5, 0.6) is 11.5 Å². The zero-order valence-electron chi connectivity index (χ0n) is 9.83. The van der Waals surface area contributed by atoms with Crippen LogP contribution in [0.4, 0.5) is 8.78 Å². The van der Waals surface area contributed by atoms with Gasteiger partial charge in [-0.05, 0) is 36.8 Å². The van der Waals surface area contributed by atoms with Crippen molar-refractivity contribution in [2.75, 3.05) is 0 Å². The van der Waals surface area contributed by atoms with E-state index in [2.05, 4.69) is 0 Å². The molecule has 2 aliphatic carbocycles. The van der Waals surface area contributed by atoms with E-state index in [-0.39, 0.29) is 24.0 Å². The molecule has 0 aromatic heterocycles. The molecule has 0 saturated heterocycles. The van der Waals surface area contributed by atoms with E-state index in [1.165, 1.54) is 0 Å². The van der Waals surface area contributed by atoms with E-state index in [0.29, 0.717) is 12.2 Å². The fourth-order valence-corrected chi connectivity index (χ4v) is 3.88. The Labute approximate surface area is 104 Å². The van der Waals surface area contributed by atoms with Crippen LogP contribution in [0.25, 0.3) is 0 Å². The van der Waals surface area contributed by atoms with Crippen molar-refractivity contribution in [2.45, 2.75) is 43.6 Å². The first-order valence-corrected chi connectivity index (χ1v) is 6.47. The Bertz CT molecular complexity index is 527. The second-order valence-corrected chi connectivity index (χ2v) is 5.65. The number of aryl methyl sites for hydroxylation is 1. The third kappa shape index (κ3) is 1.16. The van der Waals surface area contributed by atoms with Crippen molar-refractivity contribution in [3.63, 3.8) is 0 Å². The molecule has 1 saturated carbocycles. The highest BCUT2D eigenvalue weighted by Crippen LogP contribution is 2.59. The second kappa shape index (κ2) is 3.16. The molecule has 0 bridgehead atoms. The van der Waals surface area contributed by atoms with Crippen molar-refractivity contribution < 1.29 is 18.6 Å². The number of rotatable bonds is 0. The normalized spacial score (nSPS) is 34.9. The lowest BCUT2D eigenvalue weighted by atomic mass is 9.66. The van der Waals surface area contributed by atoms with Gasteiger partial charge in [0.25, 0.3) is 5.92 Å². The van der Waals surface area contributed by atoms with Crippen LogP contribution >= 0.6 is 0 Å². The molecule has 96 valence electrons. The average molecular weight is 252 g/mol. The van der Waals surface area contributed by atoms with Crippen LogP contribution in [-0.4, -0.2) is 17.1 Å². The zero-order valence-corrected chi connectivity index (χ0v) is 9.83. The molecule has 4 heteroatoms. The van der Waals surface area contributed by atoms with Crippen LogP contribution in [0.3, 0.4) is 0 Å². The monoisotopic (exact) mass is 252 g/mol. The van der Waals surface area contributed by atoms with Crippen LogP contribution in [0.1, 0.15) is 36.3 Å². The van der Waals surface area contributed by atoms with Gasteiger partial charge in [0.1, 0.15) is 0 Å². The van der Waals surface area contributed by atoms with Crippen LogP contribution < -0.4 is 4.74 Å². The van der Waals surface area contributed by atoms with Crippen molar-refractivity contribution in [2.24, 2.45) is 5.92 Å². The van der Waals surface area contributed by atoms with Gasteiger partial charge in [-0.2, -0.15) is 0 Å². The maximum absolute atomic E-state index is 14.0. The Morgan fingerprint density at radius 3 is 2.94 bits per heavy atom. The summed E-state index contributed by atoms with van der Waals surface area (Å²) in [6.45, 7) is 0. The second-order valence-electron chi connectivity index (χ2n) is 5.65.